The van der Waals surface area contributed by atoms with E-state index in [0.717, 1.165) is 10.5 Å². The second-order valence-electron chi connectivity index (χ2n) is 7.83. The predicted molar refractivity (Wildman–Crippen MR) is 123 cm³/mol. The van der Waals surface area contributed by atoms with E-state index in [0.29, 0.717) is 22.7 Å². The number of carbonyl (C=O) groups is 2. The number of nitrogens with one attached hydrogen (secondary N) is 1. The van der Waals surface area contributed by atoms with Gasteiger partial charge < -0.3 is 10.1 Å². The molecule has 0 bridgehead atoms. The molecular weight excluding hydrogens is 407 g/mol. The molecule has 162 valence electrons. The van der Waals surface area contributed by atoms with Crippen molar-refractivity contribution in [1.82, 2.24) is 0 Å². The highest BCUT2D eigenvalue weighted by atomic mass is 19.1. The van der Waals surface area contributed by atoms with Crippen molar-refractivity contribution in [3.05, 3.63) is 95.4 Å². The number of nitrogens with zero attached hydrogens (tertiary/aromatic N) is 1. The molecule has 5 nitrogen and oxygen atoms in total. The van der Waals surface area contributed by atoms with Gasteiger partial charge in [-0.25, -0.2) is 9.29 Å². The molecular formula is C26H23FN2O3. The maximum absolute atomic E-state index is 13.8. The zero-order chi connectivity index (χ0) is 22.8. The zero-order valence-corrected chi connectivity index (χ0v) is 18.1. The van der Waals surface area contributed by atoms with Gasteiger partial charge in [-0.15, -0.1) is 0 Å². The molecule has 1 aliphatic heterocycles. The molecule has 0 unspecified atom stereocenters. The standard InChI is InChI=1S/C26H23FN2O3/c1-16(2)32-22-10-5-4-9-21(22)29-25(30)23(18-13-11-17(3)12-14-18)24(26(29)31)28-20-8-6-7-19(27)15-20/h4-16,28H,1-3H3. The Balaban J connectivity index is 1.83. The van der Waals surface area contributed by atoms with Crippen LogP contribution >= 0.6 is 0 Å². The molecule has 3 aromatic rings. The number of aryl methyl sites for hydroxylation is 1. The molecule has 1 heterocycles. The number of ether oxygens (including phenoxy) is 1. The van der Waals surface area contributed by atoms with Crippen molar-refractivity contribution in [3.8, 4) is 5.75 Å². The Morgan fingerprint density at radius 3 is 2.31 bits per heavy atom. The van der Waals surface area contributed by atoms with Gasteiger partial charge in [-0.1, -0.05) is 48.0 Å². The number of imide groups is 1. The summed E-state index contributed by atoms with van der Waals surface area (Å²) in [5.74, 6) is -1.02. The fourth-order valence-corrected chi connectivity index (χ4v) is 3.56. The molecule has 4 rings (SSSR count). The molecule has 0 aromatic heterocycles. The van der Waals surface area contributed by atoms with Crippen molar-refractivity contribution in [2.75, 3.05) is 10.2 Å². The SMILES string of the molecule is Cc1ccc(C2=C(Nc3cccc(F)c3)C(=O)N(c3ccccc3OC(C)C)C2=O)cc1. The van der Waals surface area contributed by atoms with E-state index >= 15 is 0 Å². The smallest absolute Gasteiger partial charge is 0.282 e. The van der Waals surface area contributed by atoms with E-state index in [1.54, 1.807) is 42.5 Å². The molecule has 0 saturated carbocycles. The summed E-state index contributed by atoms with van der Waals surface area (Å²) < 4.78 is 19.6. The van der Waals surface area contributed by atoms with Crippen molar-refractivity contribution in [2.45, 2.75) is 26.9 Å². The van der Waals surface area contributed by atoms with Gasteiger partial charge in [0.2, 0.25) is 0 Å². The summed E-state index contributed by atoms with van der Waals surface area (Å²) in [4.78, 5) is 28.2. The Morgan fingerprint density at radius 1 is 0.906 bits per heavy atom. The third-order valence-electron chi connectivity index (χ3n) is 4.99. The van der Waals surface area contributed by atoms with E-state index in [1.807, 2.05) is 32.9 Å². The molecule has 0 fully saturated rings. The van der Waals surface area contributed by atoms with Crippen LogP contribution in [0, 0.1) is 12.7 Å². The van der Waals surface area contributed by atoms with Gasteiger partial charge in [0, 0.05) is 5.69 Å². The highest BCUT2D eigenvalue weighted by molar-refractivity contribution is 6.46. The van der Waals surface area contributed by atoms with Gasteiger partial charge in [0.1, 0.15) is 17.3 Å². The maximum Gasteiger partial charge on any atom is 0.282 e. The van der Waals surface area contributed by atoms with Crippen LogP contribution in [0.2, 0.25) is 0 Å². The molecule has 6 heteroatoms. The highest BCUT2D eigenvalue weighted by Crippen LogP contribution is 2.38. The molecule has 0 radical (unpaired) electrons. The summed E-state index contributed by atoms with van der Waals surface area (Å²) >= 11 is 0. The van der Waals surface area contributed by atoms with Gasteiger partial charge in [-0.05, 0) is 56.7 Å². The molecule has 2 amide bonds. The second kappa shape index (κ2) is 8.67. The minimum Gasteiger partial charge on any atom is -0.489 e. The van der Waals surface area contributed by atoms with Gasteiger partial charge >= 0.3 is 0 Å². The first-order valence-corrected chi connectivity index (χ1v) is 10.3. The maximum atomic E-state index is 13.8. The van der Waals surface area contributed by atoms with Crippen LogP contribution in [-0.4, -0.2) is 17.9 Å². The van der Waals surface area contributed by atoms with E-state index in [-0.39, 0.29) is 17.4 Å². The number of para-hydroxylation sites is 2. The number of benzene rings is 3. The van der Waals surface area contributed by atoms with Crippen molar-refractivity contribution >= 4 is 28.8 Å². The number of hydrogen-bond donors (Lipinski definition) is 1. The van der Waals surface area contributed by atoms with Crippen LogP contribution in [0.15, 0.2) is 78.5 Å². The lowest BCUT2D eigenvalue weighted by atomic mass is 10.0. The van der Waals surface area contributed by atoms with Crippen LogP contribution in [0.1, 0.15) is 25.0 Å². The van der Waals surface area contributed by atoms with Gasteiger partial charge in [0.15, 0.2) is 0 Å². The Labute approximate surface area is 186 Å². The minimum atomic E-state index is -0.533. The Kier molecular flexibility index (Phi) is 5.77. The number of anilines is 2. The summed E-state index contributed by atoms with van der Waals surface area (Å²) in [5.41, 5.74) is 2.66. The van der Waals surface area contributed by atoms with E-state index in [4.69, 9.17) is 4.74 Å². The zero-order valence-electron chi connectivity index (χ0n) is 18.1. The van der Waals surface area contributed by atoms with Gasteiger partial charge in [-0.2, -0.15) is 0 Å². The lowest BCUT2D eigenvalue weighted by Gasteiger charge is -2.20. The third kappa shape index (κ3) is 4.12. The van der Waals surface area contributed by atoms with Gasteiger partial charge in [-0.3, -0.25) is 9.59 Å². The molecule has 0 atom stereocenters. The fraction of sp³-hybridized carbons (Fsp3) is 0.154. The average molecular weight is 430 g/mol. The Bertz CT molecular complexity index is 1220. The first kappa shape index (κ1) is 21.3. The lowest BCUT2D eigenvalue weighted by molar-refractivity contribution is -0.120. The largest absolute Gasteiger partial charge is 0.489 e. The van der Waals surface area contributed by atoms with Crippen molar-refractivity contribution in [3.63, 3.8) is 0 Å². The highest BCUT2D eigenvalue weighted by Gasteiger charge is 2.41. The molecule has 0 saturated heterocycles. The van der Waals surface area contributed by atoms with Crippen LogP contribution < -0.4 is 15.0 Å². The molecule has 1 aliphatic rings. The summed E-state index contributed by atoms with van der Waals surface area (Å²) in [6, 6.07) is 20.0. The van der Waals surface area contributed by atoms with Crippen LogP contribution in [0.4, 0.5) is 15.8 Å². The summed E-state index contributed by atoms with van der Waals surface area (Å²) in [7, 11) is 0. The number of amides is 2. The lowest BCUT2D eigenvalue weighted by Crippen LogP contribution is -2.33. The topological polar surface area (TPSA) is 58.6 Å². The van der Waals surface area contributed by atoms with Crippen molar-refractivity contribution in [1.29, 1.82) is 0 Å². The molecule has 1 N–H and O–H groups in total. The average Bonchev–Trinajstić information content (AvgIpc) is 2.98. The molecule has 0 aliphatic carbocycles. The number of rotatable bonds is 6. The van der Waals surface area contributed by atoms with Crippen LogP contribution in [-0.2, 0) is 9.59 Å². The first-order chi connectivity index (χ1) is 15.3. The summed E-state index contributed by atoms with van der Waals surface area (Å²) in [6.07, 6.45) is -0.140. The second-order valence-corrected chi connectivity index (χ2v) is 7.83. The third-order valence-corrected chi connectivity index (χ3v) is 4.99. The normalized spacial score (nSPS) is 13.8. The molecule has 3 aromatic carbocycles. The number of hydrogen-bond acceptors (Lipinski definition) is 4. The van der Waals surface area contributed by atoms with E-state index in [1.165, 1.54) is 18.2 Å². The Hall–Kier alpha value is -3.93. The van der Waals surface area contributed by atoms with Crippen LogP contribution in [0.5, 0.6) is 5.75 Å². The summed E-state index contributed by atoms with van der Waals surface area (Å²) in [5, 5.41) is 2.97. The van der Waals surface area contributed by atoms with Crippen molar-refractivity contribution < 1.29 is 18.7 Å². The van der Waals surface area contributed by atoms with Gasteiger partial charge in [0.25, 0.3) is 11.8 Å². The monoisotopic (exact) mass is 430 g/mol. The predicted octanol–water partition coefficient (Wildman–Crippen LogP) is 5.32. The quantitative estimate of drug-likeness (QED) is 0.538. The van der Waals surface area contributed by atoms with Gasteiger partial charge in [0.05, 0.1) is 17.4 Å². The fourth-order valence-electron chi connectivity index (χ4n) is 3.56. The van der Waals surface area contributed by atoms with Crippen molar-refractivity contribution in [2.24, 2.45) is 0 Å². The minimum absolute atomic E-state index is 0.0869. The van der Waals surface area contributed by atoms with Crippen LogP contribution in [0.25, 0.3) is 5.57 Å². The van der Waals surface area contributed by atoms with E-state index in [2.05, 4.69) is 5.32 Å². The molecule has 0 spiro atoms. The number of carbonyl (C=O) groups excluding carboxylic acids is 2. The Morgan fingerprint density at radius 2 is 1.62 bits per heavy atom. The number of halogens is 1. The first-order valence-electron chi connectivity index (χ1n) is 10.3. The van der Waals surface area contributed by atoms with Crippen LogP contribution in [0.3, 0.4) is 0 Å². The molecule has 32 heavy (non-hydrogen) atoms. The van der Waals surface area contributed by atoms with E-state index < -0.39 is 17.6 Å². The van der Waals surface area contributed by atoms with E-state index in [9.17, 15) is 14.0 Å². The summed E-state index contributed by atoms with van der Waals surface area (Å²) in [6.45, 7) is 5.69.